The van der Waals surface area contributed by atoms with Crippen LogP contribution in [0.15, 0.2) is 60.8 Å². The number of aromatic nitrogens is 1. The molecule has 0 spiro atoms. The van der Waals surface area contributed by atoms with Crippen molar-refractivity contribution in [2.24, 2.45) is 5.73 Å². The predicted molar refractivity (Wildman–Crippen MR) is 86.9 cm³/mol. The van der Waals surface area contributed by atoms with Gasteiger partial charge in [-0.05, 0) is 64.0 Å². The van der Waals surface area contributed by atoms with Gasteiger partial charge in [-0.1, -0.05) is 24.3 Å². The van der Waals surface area contributed by atoms with Crippen molar-refractivity contribution in [3.05, 3.63) is 75.5 Å². The van der Waals surface area contributed by atoms with E-state index in [1.165, 1.54) is 3.57 Å². The predicted octanol–water partition coefficient (Wildman–Crippen LogP) is 3.89. The minimum atomic E-state index is -0.0957. The van der Waals surface area contributed by atoms with E-state index in [1.807, 2.05) is 12.1 Å². The highest BCUT2D eigenvalue weighted by atomic mass is 127. The Labute approximate surface area is 125 Å². The summed E-state index contributed by atoms with van der Waals surface area (Å²) < 4.78 is 1.22. The summed E-state index contributed by atoms with van der Waals surface area (Å²) in [5.74, 6) is 0. The Hall–Kier alpha value is -1.46. The van der Waals surface area contributed by atoms with Gasteiger partial charge in [0.25, 0.3) is 0 Å². The molecule has 0 amide bonds. The second kappa shape index (κ2) is 5.27. The van der Waals surface area contributed by atoms with Crippen LogP contribution in [0, 0.1) is 3.57 Å². The molecule has 0 aliphatic heterocycles. The average molecular weight is 360 g/mol. The number of pyridine rings is 1. The van der Waals surface area contributed by atoms with Gasteiger partial charge in [0.2, 0.25) is 0 Å². The molecular weight excluding hydrogens is 347 g/mol. The highest BCUT2D eigenvalue weighted by Gasteiger charge is 2.09. The molecular formula is C16H13IN2. The van der Waals surface area contributed by atoms with E-state index in [0.717, 1.165) is 22.0 Å². The number of benzene rings is 2. The maximum atomic E-state index is 6.33. The summed E-state index contributed by atoms with van der Waals surface area (Å²) in [6, 6.07) is 18.4. The molecule has 0 fully saturated rings. The Bertz CT molecular complexity index is 707. The molecule has 0 aliphatic carbocycles. The number of hydrogen-bond donors (Lipinski definition) is 1. The van der Waals surface area contributed by atoms with Crippen LogP contribution in [0.3, 0.4) is 0 Å². The lowest BCUT2D eigenvalue weighted by Crippen LogP contribution is -2.11. The fourth-order valence-electron chi connectivity index (χ4n) is 2.15. The van der Waals surface area contributed by atoms with Gasteiger partial charge in [0, 0.05) is 15.2 Å². The Morgan fingerprint density at radius 3 is 2.47 bits per heavy atom. The van der Waals surface area contributed by atoms with Crippen molar-refractivity contribution in [2.45, 2.75) is 6.04 Å². The van der Waals surface area contributed by atoms with E-state index >= 15 is 0 Å². The smallest absolute Gasteiger partial charge is 0.0702 e. The van der Waals surface area contributed by atoms with Crippen LogP contribution < -0.4 is 5.73 Å². The number of halogens is 1. The normalized spacial score (nSPS) is 12.5. The lowest BCUT2D eigenvalue weighted by atomic mass is 9.98. The molecule has 2 nitrogen and oxygen atoms in total. The molecule has 0 bridgehead atoms. The molecule has 2 N–H and O–H groups in total. The fourth-order valence-corrected chi connectivity index (χ4v) is 2.51. The molecule has 3 heteroatoms. The van der Waals surface area contributed by atoms with E-state index in [9.17, 15) is 0 Å². The maximum Gasteiger partial charge on any atom is 0.0702 e. The third kappa shape index (κ3) is 2.62. The summed E-state index contributed by atoms with van der Waals surface area (Å²) in [6.07, 6.45) is 1.81. The standard InChI is InChI=1S/C16H13IN2/c17-14-6-3-11(4-7-14)16(18)13-5-8-15-12(10-13)2-1-9-19-15/h1-10,16H,18H2. The van der Waals surface area contributed by atoms with Crippen LogP contribution in [0.4, 0.5) is 0 Å². The highest BCUT2D eigenvalue weighted by molar-refractivity contribution is 14.1. The van der Waals surface area contributed by atoms with E-state index in [1.54, 1.807) is 6.20 Å². The summed E-state index contributed by atoms with van der Waals surface area (Å²) in [5.41, 5.74) is 9.58. The number of fused-ring (bicyclic) bond motifs is 1. The van der Waals surface area contributed by atoms with E-state index < -0.39 is 0 Å². The van der Waals surface area contributed by atoms with E-state index in [0.29, 0.717) is 0 Å². The summed E-state index contributed by atoms with van der Waals surface area (Å²) in [7, 11) is 0. The van der Waals surface area contributed by atoms with Gasteiger partial charge in [0.15, 0.2) is 0 Å². The third-order valence-corrected chi connectivity index (χ3v) is 3.93. The molecule has 0 aliphatic rings. The largest absolute Gasteiger partial charge is 0.320 e. The zero-order valence-corrected chi connectivity index (χ0v) is 12.4. The van der Waals surface area contributed by atoms with Crippen LogP contribution in [-0.4, -0.2) is 4.98 Å². The van der Waals surface area contributed by atoms with Crippen molar-refractivity contribution < 1.29 is 0 Å². The van der Waals surface area contributed by atoms with Crippen molar-refractivity contribution in [3.8, 4) is 0 Å². The number of nitrogens with zero attached hydrogens (tertiary/aromatic N) is 1. The summed E-state index contributed by atoms with van der Waals surface area (Å²) in [4.78, 5) is 4.32. The minimum Gasteiger partial charge on any atom is -0.320 e. The van der Waals surface area contributed by atoms with Gasteiger partial charge in [0.05, 0.1) is 11.6 Å². The molecule has 3 aromatic rings. The van der Waals surface area contributed by atoms with Crippen LogP contribution in [-0.2, 0) is 0 Å². The van der Waals surface area contributed by atoms with Gasteiger partial charge in [-0.3, -0.25) is 4.98 Å². The molecule has 2 aromatic carbocycles. The molecule has 0 saturated heterocycles. The first-order valence-electron chi connectivity index (χ1n) is 6.10. The van der Waals surface area contributed by atoms with Gasteiger partial charge >= 0.3 is 0 Å². The number of nitrogens with two attached hydrogens (primary N) is 1. The van der Waals surface area contributed by atoms with Gasteiger partial charge in [-0.15, -0.1) is 0 Å². The molecule has 1 atom stereocenters. The average Bonchev–Trinajstić information content (AvgIpc) is 2.47. The van der Waals surface area contributed by atoms with E-state index in [4.69, 9.17) is 5.73 Å². The SMILES string of the molecule is NC(c1ccc(I)cc1)c1ccc2ncccc2c1. The van der Waals surface area contributed by atoms with Crippen LogP contribution in [0.25, 0.3) is 10.9 Å². The summed E-state index contributed by atoms with van der Waals surface area (Å²) in [5, 5.41) is 1.13. The molecule has 0 saturated carbocycles. The topological polar surface area (TPSA) is 38.9 Å². The van der Waals surface area contributed by atoms with E-state index in [2.05, 4.69) is 70.0 Å². The first-order valence-corrected chi connectivity index (χ1v) is 7.17. The quantitative estimate of drug-likeness (QED) is 0.705. The fraction of sp³-hybridized carbons (Fsp3) is 0.0625. The Morgan fingerprint density at radius 2 is 1.68 bits per heavy atom. The van der Waals surface area contributed by atoms with Crippen LogP contribution in [0.5, 0.6) is 0 Å². The molecule has 3 rings (SSSR count). The van der Waals surface area contributed by atoms with Crippen LogP contribution in [0.1, 0.15) is 17.2 Å². The first kappa shape index (κ1) is 12.6. The maximum absolute atomic E-state index is 6.33. The van der Waals surface area contributed by atoms with Crippen molar-refractivity contribution in [1.82, 2.24) is 4.98 Å². The molecule has 0 radical (unpaired) electrons. The monoisotopic (exact) mass is 360 g/mol. The zero-order valence-electron chi connectivity index (χ0n) is 10.3. The zero-order chi connectivity index (χ0) is 13.2. The minimum absolute atomic E-state index is 0.0957. The van der Waals surface area contributed by atoms with Gasteiger partial charge in [-0.2, -0.15) is 0 Å². The molecule has 1 unspecified atom stereocenters. The second-order valence-electron chi connectivity index (χ2n) is 4.48. The molecule has 19 heavy (non-hydrogen) atoms. The van der Waals surface area contributed by atoms with E-state index in [-0.39, 0.29) is 6.04 Å². The van der Waals surface area contributed by atoms with Gasteiger partial charge < -0.3 is 5.73 Å². The highest BCUT2D eigenvalue weighted by Crippen LogP contribution is 2.23. The molecule has 94 valence electrons. The van der Waals surface area contributed by atoms with Crippen molar-refractivity contribution >= 4 is 33.5 Å². The van der Waals surface area contributed by atoms with Crippen molar-refractivity contribution in [3.63, 3.8) is 0 Å². The lowest BCUT2D eigenvalue weighted by Gasteiger charge is -2.13. The van der Waals surface area contributed by atoms with Crippen molar-refractivity contribution in [1.29, 1.82) is 0 Å². The van der Waals surface area contributed by atoms with Gasteiger partial charge in [-0.25, -0.2) is 0 Å². The first-order chi connectivity index (χ1) is 9.24. The molecule has 1 heterocycles. The van der Waals surface area contributed by atoms with Crippen LogP contribution >= 0.6 is 22.6 Å². The summed E-state index contributed by atoms with van der Waals surface area (Å²) >= 11 is 2.30. The second-order valence-corrected chi connectivity index (χ2v) is 5.73. The van der Waals surface area contributed by atoms with Crippen LogP contribution in [0.2, 0.25) is 0 Å². The Balaban J connectivity index is 2.01. The van der Waals surface area contributed by atoms with Gasteiger partial charge in [0.1, 0.15) is 0 Å². The van der Waals surface area contributed by atoms with Crippen molar-refractivity contribution in [2.75, 3.05) is 0 Å². The summed E-state index contributed by atoms with van der Waals surface area (Å²) in [6.45, 7) is 0. The number of rotatable bonds is 2. The molecule has 1 aromatic heterocycles. The third-order valence-electron chi connectivity index (χ3n) is 3.22. The number of hydrogen-bond acceptors (Lipinski definition) is 2. The lowest BCUT2D eigenvalue weighted by molar-refractivity contribution is 0.873. The Morgan fingerprint density at radius 1 is 0.947 bits per heavy atom. The Kier molecular flexibility index (Phi) is 3.48.